The highest BCUT2D eigenvalue weighted by molar-refractivity contribution is 5.69. The highest BCUT2D eigenvalue weighted by Gasteiger charge is 2.55. The second kappa shape index (κ2) is 4.65. The number of hydrogen-bond acceptors (Lipinski definition) is 3. The molecule has 4 heteroatoms. The zero-order valence-corrected chi connectivity index (χ0v) is 12.9. The summed E-state index contributed by atoms with van der Waals surface area (Å²) >= 11 is 0. The van der Waals surface area contributed by atoms with Crippen molar-refractivity contribution in [3.05, 3.63) is 0 Å². The van der Waals surface area contributed by atoms with Crippen molar-refractivity contribution >= 4 is 6.09 Å². The van der Waals surface area contributed by atoms with Gasteiger partial charge in [0.25, 0.3) is 0 Å². The van der Waals surface area contributed by atoms with Crippen molar-refractivity contribution in [3.8, 4) is 0 Å². The van der Waals surface area contributed by atoms with Crippen molar-refractivity contribution in [1.29, 1.82) is 0 Å². The number of nitrogens with one attached hydrogen (secondary N) is 2. The third-order valence-corrected chi connectivity index (χ3v) is 4.20. The minimum atomic E-state index is -0.425. The molecule has 0 aromatic carbocycles. The molecule has 0 unspecified atom stereocenters. The number of carbonyl (C=O) groups is 1. The first kappa shape index (κ1) is 14.6. The minimum Gasteiger partial charge on any atom is -0.444 e. The molecule has 2 N–H and O–H groups in total. The lowest BCUT2D eigenvalue weighted by molar-refractivity contribution is 0.0458. The lowest BCUT2D eigenvalue weighted by atomic mass is 9.91. The van der Waals surface area contributed by atoms with Gasteiger partial charge < -0.3 is 15.4 Å². The van der Waals surface area contributed by atoms with Crippen molar-refractivity contribution in [2.45, 2.75) is 89.4 Å². The summed E-state index contributed by atoms with van der Waals surface area (Å²) in [5.41, 5.74) is -0.224. The summed E-state index contributed by atoms with van der Waals surface area (Å²) in [4.78, 5) is 12.0. The fraction of sp³-hybridized carbons (Fsp3) is 0.933. The zero-order chi connectivity index (χ0) is 14.3. The van der Waals surface area contributed by atoms with Gasteiger partial charge in [0.15, 0.2) is 0 Å². The Hall–Kier alpha value is -0.770. The Bertz CT molecular complexity index is 350. The summed E-state index contributed by atoms with van der Waals surface area (Å²) in [7, 11) is 0. The van der Waals surface area contributed by atoms with E-state index in [0.717, 1.165) is 32.1 Å². The maximum absolute atomic E-state index is 12.0. The van der Waals surface area contributed by atoms with E-state index in [1.165, 1.54) is 0 Å². The van der Waals surface area contributed by atoms with Gasteiger partial charge in [-0.05, 0) is 52.9 Å². The Morgan fingerprint density at radius 2 is 1.63 bits per heavy atom. The van der Waals surface area contributed by atoms with Crippen LogP contribution in [0.1, 0.15) is 66.7 Å². The van der Waals surface area contributed by atoms with Crippen LogP contribution in [0.5, 0.6) is 0 Å². The van der Waals surface area contributed by atoms with Crippen LogP contribution in [-0.2, 0) is 4.74 Å². The van der Waals surface area contributed by atoms with Gasteiger partial charge in [-0.3, -0.25) is 0 Å². The van der Waals surface area contributed by atoms with E-state index in [0.29, 0.717) is 6.04 Å². The Morgan fingerprint density at radius 3 is 2.11 bits per heavy atom. The molecule has 4 nitrogen and oxygen atoms in total. The number of amides is 1. The van der Waals surface area contributed by atoms with E-state index in [2.05, 4.69) is 24.5 Å². The predicted octanol–water partition coefficient (Wildman–Crippen LogP) is 2.96. The van der Waals surface area contributed by atoms with Crippen LogP contribution in [-0.4, -0.2) is 28.8 Å². The third kappa shape index (κ3) is 3.41. The molecule has 0 atom stereocenters. The fourth-order valence-corrected chi connectivity index (χ4v) is 3.71. The van der Waals surface area contributed by atoms with Gasteiger partial charge in [-0.25, -0.2) is 4.79 Å². The van der Waals surface area contributed by atoms with Crippen LogP contribution >= 0.6 is 0 Å². The van der Waals surface area contributed by atoms with Crippen molar-refractivity contribution in [1.82, 2.24) is 10.6 Å². The Morgan fingerprint density at radius 1 is 1.11 bits per heavy atom. The molecule has 2 aliphatic rings. The lowest BCUT2D eigenvalue weighted by Crippen LogP contribution is -2.47. The van der Waals surface area contributed by atoms with E-state index in [4.69, 9.17) is 4.74 Å². The van der Waals surface area contributed by atoms with E-state index in [1.54, 1.807) is 0 Å². The van der Waals surface area contributed by atoms with Crippen LogP contribution in [0.3, 0.4) is 0 Å². The molecule has 2 rings (SSSR count). The van der Waals surface area contributed by atoms with E-state index >= 15 is 0 Å². The molecule has 0 aromatic heterocycles. The van der Waals surface area contributed by atoms with Gasteiger partial charge >= 0.3 is 6.09 Å². The number of hydrogen-bond donors (Lipinski definition) is 2. The molecule has 0 aromatic rings. The smallest absolute Gasteiger partial charge is 0.408 e. The standard InChI is InChI=1S/C15H28N2O2/c1-11(2)16-14-6-8-15(10-14,9-7-14)17-12(18)19-13(3,4)5/h11,16H,6-10H2,1-5H3,(H,17,18). The van der Waals surface area contributed by atoms with Crippen molar-refractivity contribution < 1.29 is 9.53 Å². The van der Waals surface area contributed by atoms with E-state index in [1.807, 2.05) is 20.8 Å². The molecular weight excluding hydrogens is 240 g/mol. The maximum atomic E-state index is 12.0. The topological polar surface area (TPSA) is 50.4 Å². The molecule has 1 amide bonds. The summed E-state index contributed by atoms with van der Waals surface area (Å²) in [5, 5.41) is 6.84. The third-order valence-electron chi connectivity index (χ3n) is 4.20. The van der Waals surface area contributed by atoms with E-state index < -0.39 is 5.60 Å². The summed E-state index contributed by atoms with van der Waals surface area (Å²) in [5.74, 6) is 0. The van der Waals surface area contributed by atoms with Gasteiger partial charge in [-0.15, -0.1) is 0 Å². The van der Waals surface area contributed by atoms with Gasteiger partial charge in [0.05, 0.1) is 0 Å². The molecular formula is C15H28N2O2. The molecule has 0 heterocycles. The first-order valence-electron chi connectivity index (χ1n) is 7.43. The average Bonchev–Trinajstić information content (AvgIpc) is 2.67. The highest BCUT2D eigenvalue weighted by Crippen LogP contribution is 2.50. The molecule has 110 valence electrons. The second-order valence-electron chi connectivity index (χ2n) is 7.66. The summed E-state index contributed by atoms with van der Waals surface area (Å²) < 4.78 is 5.39. The van der Waals surface area contributed by atoms with Gasteiger partial charge in [-0.2, -0.15) is 0 Å². The highest BCUT2D eigenvalue weighted by atomic mass is 16.6. The Kier molecular flexibility index (Phi) is 3.58. The SMILES string of the molecule is CC(C)NC12CCC(NC(=O)OC(C)(C)C)(CC1)C2. The van der Waals surface area contributed by atoms with Crippen LogP contribution in [0.25, 0.3) is 0 Å². The monoisotopic (exact) mass is 268 g/mol. The first-order chi connectivity index (χ1) is 8.64. The molecule has 0 aliphatic heterocycles. The Balaban J connectivity index is 1.94. The summed E-state index contributed by atoms with van der Waals surface area (Å²) in [6.45, 7) is 10.1. The fourth-order valence-electron chi connectivity index (χ4n) is 3.71. The van der Waals surface area contributed by atoms with Gasteiger partial charge in [0, 0.05) is 17.1 Å². The molecule has 2 saturated carbocycles. The molecule has 0 saturated heterocycles. The second-order valence-corrected chi connectivity index (χ2v) is 7.66. The zero-order valence-electron chi connectivity index (χ0n) is 12.9. The van der Waals surface area contributed by atoms with Gasteiger partial charge in [-0.1, -0.05) is 13.8 Å². The van der Waals surface area contributed by atoms with Crippen LogP contribution in [0.15, 0.2) is 0 Å². The molecule has 2 aliphatic carbocycles. The van der Waals surface area contributed by atoms with Gasteiger partial charge in [0.1, 0.15) is 5.60 Å². The summed E-state index contributed by atoms with van der Waals surface area (Å²) in [6, 6.07) is 0.496. The average molecular weight is 268 g/mol. The number of carbonyl (C=O) groups excluding carboxylic acids is 1. The quantitative estimate of drug-likeness (QED) is 0.827. The van der Waals surface area contributed by atoms with Crippen molar-refractivity contribution in [3.63, 3.8) is 0 Å². The minimum absolute atomic E-state index is 0.0375. The molecule has 0 spiro atoms. The molecule has 2 fully saturated rings. The normalized spacial score (nSPS) is 33.8. The van der Waals surface area contributed by atoms with Crippen molar-refractivity contribution in [2.75, 3.05) is 0 Å². The molecule has 0 radical (unpaired) electrons. The first-order valence-corrected chi connectivity index (χ1v) is 7.43. The van der Waals surface area contributed by atoms with E-state index in [-0.39, 0.29) is 17.2 Å². The predicted molar refractivity (Wildman–Crippen MR) is 76.2 cm³/mol. The molecule has 19 heavy (non-hydrogen) atoms. The van der Waals surface area contributed by atoms with E-state index in [9.17, 15) is 4.79 Å². The van der Waals surface area contributed by atoms with Crippen LogP contribution < -0.4 is 10.6 Å². The largest absolute Gasteiger partial charge is 0.444 e. The maximum Gasteiger partial charge on any atom is 0.408 e. The van der Waals surface area contributed by atoms with Crippen molar-refractivity contribution in [2.24, 2.45) is 0 Å². The van der Waals surface area contributed by atoms with Crippen LogP contribution in [0.4, 0.5) is 4.79 Å². The molecule has 2 bridgehead atoms. The number of alkyl carbamates (subject to hydrolysis) is 1. The number of fused-ring (bicyclic) bond motifs is 2. The lowest BCUT2D eigenvalue weighted by Gasteiger charge is -2.31. The number of rotatable bonds is 3. The number of ether oxygens (including phenoxy) is 1. The van der Waals surface area contributed by atoms with Gasteiger partial charge in [0.2, 0.25) is 0 Å². The van der Waals surface area contributed by atoms with Crippen LogP contribution in [0, 0.1) is 0 Å². The summed E-state index contributed by atoms with van der Waals surface area (Å²) in [6.07, 6.45) is 5.20. The Labute approximate surface area is 116 Å². The van der Waals surface area contributed by atoms with Crippen LogP contribution in [0.2, 0.25) is 0 Å².